The fourth-order valence-electron chi connectivity index (χ4n) is 9.43. The second kappa shape index (κ2) is 26.5. The zero-order chi connectivity index (χ0) is 54.4. The number of hydrogen-bond donors (Lipinski definition) is 3. The molecule has 0 aromatic heterocycles. The topological polar surface area (TPSA) is 185 Å². The van der Waals surface area contributed by atoms with E-state index in [0.717, 1.165) is 5.56 Å². The Bertz CT molecular complexity index is 2280. The van der Waals surface area contributed by atoms with Crippen LogP contribution in [0.3, 0.4) is 0 Å². The van der Waals surface area contributed by atoms with Crippen molar-refractivity contribution in [2.45, 2.75) is 143 Å². The zero-order valence-corrected chi connectivity index (χ0v) is 46.5. The molecule has 0 spiro atoms. The van der Waals surface area contributed by atoms with Gasteiger partial charge in [0, 0.05) is 70.0 Å². The first-order chi connectivity index (χ1) is 34.6. The summed E-state index contributed by atoms with van der Waals surface area (Å²) in [5.41, 5.74) is 9.61. The lowest BCUT2D eigenvalue weighted by Crippen LogP contribution is -2.54. The van der Waals surface area contributed by atoms with Crippen LogP contribution in [-0.2, 0) is 49.3 Å². The van der Waals surface area contributed by atoms with Gasteiger partial charge in [-0.1, -0.05) is 60.7 Å². The number of nitrogens with zero attached hydrogens (tertiary/aromatic N) is 4. The van der Waals surface area contributed by atoms with Crippen LogP contribution in [0.1, 0.15) is 119 Å². The average Bonchev–Trinajstić information content (AvgIpc) is 3.59. The first-order valence-electron chi connectivity index (χ1n) is 26.4. The first-order valence-corrected chi connectivity index (χ1v) is 26.4. The van der Waals surface area contributed by atoms with Gasteiger partial charge in [-0.25, -0.2) is 0 Å². The zero-order valence-electron chi connectivity index (χ0n) is 46.5. The minimum absolute atomic E-state index is 0.00229. The molecule has 3 aromatic carbocycles. The average molecular weight is 1030 g/mol. The highest BCUT2D eigenvalue weighted by atomic mass is 16.6. The van der Waals surface area contributed by atoms with E-state index in [1.807, 2.05) is 122 Å². The molecule has 0 saturated carbocycles. The summed E-state index contributed by atoms with van der Waals surface area (Å²) in [5, 5.41) is 6.75. The summed E-state index contributed by atoms with van der Waals surface area (Å²) in [7, 11) is 0. The highest BCUT2D eigenvalue weighted by Crippen LogP contribution is 2.44. The summed E-state index contributed by atoms with van der Waals surface area (Å²) < 4.78 is 23.3. The van der Waals surface area contributed by atoms with E-state index in [9.17, 15) is 24.0 Å². The second-order valence-electron chi connectivity index (χ2n) is 23.8. The molecular weight excluding hydrogens is 939 g/mol. The summed E-state index contributed by atoms with van der Waals surface area (Å²) in [5.74, 6) is -1.63. The molecule has 1 saturated heterocycles. The van der Waals surface area contributed by atoms with Crippen molar-refractivity contribution in [2.24, 2.45) is 5.73 Å². The fourth-order valence-corrected chi connectivity index (χ4v) is 9.43. The molecule has 1 unspecified atom stereocenters. The summed E-state index contributed by atoms with van der Waals surface area (Å²) in [6.07, 6.45) is 1.69. The molecule has 2 atom stereocenters. The minimum Gasteiger partial charge on any atom is -0.459 e. The van der Waals surface area contributed by atoms with Crippen molar-refractivity contribution in [1.29, 1.82) is 0 Å². The Morgan fingerprint density at radius 1 is 0.568 bits per heavy atom. The molecule has 5 rings (SSSR count). The van der Waals surface area contributed by atoms with Crippen LogP contribution in [0.15, 0.2) is 72.8 Å². The van der Waals surface area contributed by atoms with Crippen LogP contribution in [0.25, 0.3) is 11.1 Å². The first kappa shape index (κ1) is 59.6. The van der Waals surface area contributed by atoms with E-state index < -0.39 is 40.4 Å². The molecule has 2 aliphatic rings. The minimum atomic E-state index is -0.741. The molecule has 1 heterocycles. The van der Waals surface area contributed by atoms with Crippen molar-refractivity contribution in [3.63, 3.8) is 0 Å². The van der Waals surface area contributed by atoms with Crippen LogP contribution in [-0.4, -0.2) is 169 Å². The van der Waals surface area contributed by atoms with Gasteiger partial charge in [-0.3, -0.25) is 43.6 Å². The maximum Gasteiger partial charge on any atom is 0.320 e. The number of ether oxygens (including phenoxy) is 4. The van der Waals surface area contributed by atoms with E-state index in [0.29, 0.717) is 83.9 Å². The number of amides is 1. The lowest BCUT2D eigenvalue weighted by molar-refractivity contribution is -0.160. The molecular formula is C58H87N7O9. The molecule has 4 N–H and O–H groups in total. The van der Waals surface area contributed by atoms with Crippen molar-refractivity contribution in [3.8, 4) is 11.1 Å². The number of esters is 4. The van der Waals surface area contributed by atoms with Crippen molar-refractivity contribution in [2.75, 3.05) is 90.4 Å². The third kappa shape index (κ3) is 20.5. The van der Waals surface area contributed by atoms with E-state index in [1.54, 1.807) is 0 Å². The van der Waals surface area contributed by atoms with Crippen LogP contribution in [0.4, 0.5) is 5.69 Å². The Labute approximate surface area is 441 Å². The number of anilines is 1. The van der Waals surface area contributed by atoms with Crippen molar-refractivity contribution in [3.05, 3.63) is 89.5 Å². The van der Waals surface area contributed by atoms with Crippen molar-refractivity contribution >= 4 is 35.5 Å². The number of rotatable bonds is 18. The highest BCUT2D eigenvalue weighted by molar-refractivity contribution is 5.95. The number of carbonyl (C=O) groups excluding carboxylic acids is 5. The number of hydrogen-bond acceptors (Lipinski definition) is 15. The van der Waals surface area contributed by atoms with Gasteiger partial charge in [-0.05, 0) is 149 Å². The molecule has 1 fully saturated rings. The van der Waals surface area contributed by atoms with E-state index in [1.165, 1.54) is 22.3 Å². The van der Waals surface area contributed by atoms with Crippen molar-refractivity contribution < 1.29 is 42.9 Å². The molecule has 16 heteroatoms. The largest absolute Gasteiger partial charge is 0.459 e. The third-order valence-electron chi connectivity index (χ3n) is 12.5. The highest BCUT2D eigenvalue weighted by Gasteiger charge is 2.33. The van der Waals surface area contributed by atoms with Gasteiger partial charge in [-0.2, -0.15) is 0 Å². The lowest BCUT2D eigenvalue weighted by atomic mass is 9.96. The Hall–Kier alpha value is -5.23. The molecule has 16 nitrogen and oxygen atoms in total. The van der Waals surface area contributed by atoms with Gasteiger partial charge in [0.15, 0.2) is 0 Å². The van der Waals surface area contributed by atoms with E-state index in [2.05, 4.69) is 64.1 Å². The number of carbonyl (C=O) groups is 5. The van der Waals surface area contributed by atoms with Gasteiger partial charge in [0.2, 0.25) is 5.91 Å². The van der Waals surface area contributed by atoms with Gasteiger partial charge in [0.25, 0.3) is 0 Å². The summed E-state index contributed by atoms with van der Waals surface area (Å²) >= 11 is 0. The van der Waals surface area contributed by atoms with Crippen LogP contribution in [0, 0.1) is 0 Å². The van der Waals surface area contributed by atoms with E-state index >= 15 is 0 Å². The van der Waals surface area contributed by atoms with Gasteiger partial charge in [0.05, 0.1) is 32.2 Å². The molecule has 1 amide bonds. The number of benzene rings is 3. The number of fused-ring (bicyclic) bond motifs is 3. The van der Waals surface area contributed by atoms with Crippen molar-refractivity contribution in [1.82, 2.24) is 24.9 Å². The SMILES string of the molecule is CC(C)(C)OC(=O)CN1CCN(CC(=O)OC(C)(C)C)CCN(CC(=O)OC(C)(C)C)C(Cc2ccc(NC(=O)[C@H](CCCN)NCC3c4ccccc4-c4ccccc43)cc2)CN(CC(=O)OC(C)(C)C)CC1. The Morgan fingerprint density at radius 2 is 0.986 bits per heavy atom. The quantitative estimate of drug-likeness (QED) is 0.0910. The molecule has 1 aliphatic carbocycles. The summed E-state index contributed by atoms with van der Waals surface area (Å²) in [4.78, 5) is 76.4. The monoisotopic (exact) mass is 1030 g/mol. The van der Waals surface area contributed by atoms with E-state index in [-0.39, 0.29) is 56.0 Å². The predicted octanol–water partition coefficient (Wildman–Crippen LogP) is 6.63. The van der Waals surface area contributed by atoms with Gasteiger partial charge in [-0.15, -0.1) is 0 Å². The van der Waals surface area contributed by atoms with Crippen LogP contribution in [0.5, 0.6) is 0 Å². The standard InChI is InChI=1S/C58H87N7O9/c1-55(2,3)71-50(66)37-62-28-29-63(38-51(67)72-56(4,5)6)32-33-65(40-53(69)74-58(10,11)12)43(36-64(31-30-62)39-52(68)73-57(7,8)9)34-41-23-25-42(26-24-41)61-54(70)49(22-17-27-59)60-35-48-46-20-15-13-18-44(46)45-19-14-16-21-47(45)48/h13-16,18-21,23-26,43,48-49,60H,17,22,27-40,59H2,1-12H3,(H,61,70)/t43?,49-/m0/s1. The van der Waals surface area contributed by atoms with E-state index in [4.69, 9.17) is 24.7 Å². The fraction of sp³-hybridized carbons (Fsp3) is 0.603. The number of nitrogens with one attached hydrogen (secondary N) is 2. The summed E-state index contributed by atoms with van der Waals surface area (Å²) in [6, 6.07) is 23.8. The molecule has 0 radical (unpaired) electrons. The molecule has 0 bridgehead atoms. The van der Waals surface area contributed by atoms with Gasteiger partial charge in [0.1, 0.15) is 22.4 Å². The smallest absolute Gasteiger partial charge is 0.320 e. The van der Waals surface area contributed by atoms with Crippen LogP contribution in [0.2, 0.25) is 0 Å². The second-order valence-corrected chi connectivity index (χ2v) is 23.8. The lowest BCUT2D eigenvalue weighted by Gasteiger charge is -2.39. The van der Waals surface area contributed by atoms with Gasteiger partial charge >= 0.3 is 23.9 Å². The maximum absolute atomic E-state index is 14.1. The summed E-state index contributed by atoms with van der Waals surface area (Å²) in [6.45, 7) is 25.5. The number of nitrogens with two attached hydrogens (primary N) is 1. The Kier molecular flexibility index (Phi) is 21.4. The molecule has 3 aromatic rings. The third-order valence-corrected chi connectivity index (χ3v) is 12.5. The Morgan fingerprint density at radius 3 is 1.45 bits per heavy atom. The van der Waals surface area contributed by atoms with Crippen LogP contribution >= 0.6 is 0 Å². The molecule has 1 aliphatic heterocycles. The normalized spacial score (nSPS) is 17.5. The van der Waals surface area contributed by atoms with Gasteiger partial charge < -0.3 is 35.3 Å². The maximum atomic E-state index is 14.1. The molecule has 408 valence electrons. The predicted molar refractivity (Wildman–Crippen MR) is 291 cm³/mol. The molecule has 74 heavy (non-hydrogen) atoms. The van der Waals surface area contributed by atoms with Crippen LogP contribution < -0.4 is 16.4 Å². The Balaban J connectivity index is 1.43.